The monoisotopic (exact) mass is 437 g/mol. The van der Waals surface area contributed by atoms with E-state index in [-0.39, 0.29) is 35.7 Å². The van der Waals surface area contributed by atoms with E-state index in [1.54, 1.807) is 17.0 Å². The highest BCUT2D eigenvalue weighted by molar-refractivity contribution is 6.34. The molecule has 1 aliphatic rings. The normalized spacial score (nSPS) is 16.9. The quantitative estimate of drug-likeness (QED) is 0.567. The maximum Gasteiger partial charge on any atom is 0.573 e. The summed E-state index contributed by atoms with van der Waals surface area (Å²) < 4.78 is 46.0. The Kier molecular flexibility index (Phi) is 5.15. The van der Waals surface area contributed by atoms with Crippen molar-refractivity contribution in [1.29, 1.82) is 0 Å². The van der Waals surface area contributed by atoms with Crippen LogP contribution < -0.4 is 9.64 Å². The third kappa shape index (κ3) is 4.25. The number of nitrogens with zero attached hydrogens (tertiary/aromatic N) is 3. The van der Waals surface area contributed by atoms with Gasteiger partial charge in [-0.3, -0.25) is 4.79 Å². The first-order valence-electron chi connectivity index (χ1n) is 8.96. The molecule has 2 heterocycles. The summed E-state index contributed by atoms with van der Waals surface area (Å²) in [5, 5.41) is 4.36. The van der Waals surface area contributed by atoms with Gasteiger partial charge in [-0.15, -0.1) is 13.2 Å². The fourth-order valence-corrected chi connectivity index (χ4v) is 3.60. The van der Waals surface area contributed by atoms with E-state index >= 15 is 0 Å². The van der Waals surface area contributed by atoms with Crippen molar-refractivity contribution >= 4 is 23.2 Å². The van der Waals surface area contributed by atoms with Crippen molar-refractivity contribution in [1.82, 2.24) is 10.1 Å². The van der Waals surface area contributed by atoms with Crippen molar-refractivity contribution in [2.45, 2.75) is 25.6 Å². The fourth-order valence-electron chi connectivity index (χ4n) is 3.26. The van der Waals surface area contributed by atoms with Crippen LogP contribution in [0.3, 0.4) is 0 Å². The van der Waals surface area contributed by atoms with Gasteiger partial charge in [-0.05, 0) is 48.9 Å². The number of benzene rings is 2. The van der Waals surface area contributed by atoms with E-state index in [2.05, 4.69) is 14.9 Å². The van der Waals surface area contributed by atoms with Crippen molar-refractivity contribution in [3.05, 3.63) is 58.9 Å². The highest BCUT2D eigenvalue weighted by Gasteiger charge is 2.36. The van der Waals surface area contributed by atoms with Gasteiger partial charge in [-0.2, -0.15) is 4.98 Å². The Morgan fingerprint density at radius 3 is 2.60 bits per heavy atom. The molecule has 1 fully saturated rings. The van der Waals surface area contributed by atoms with Crippen LogP contribution in [-0.4, -0.2) is 29.0 Å². The van der Waals surface area contributed by atoms with Gasteiger partial charge in [-0.1, -0.05) is 22.8 Å². The summed E-state index contributed by atoms with van der Waals surface area (Å²) in [6.07, 6.45) is -4.58. The Morgan fingerprint density at radius 2 is 1.93 bits per heavy atom. The van der Waals surface area contributed by atoms with Gasteiger partial charge in [0.15, 0.2) is 0 Å². The summed E-state index contributed by atoms with van der Waals surface area (Å²) in [6, 6.07) is 10.6. The number of amides is 1. The Hall–Kier alpha value is -3.07. The summed E-state index contributed by atoms with van der Waals surface area (Å²) >= 11 is 6.28. The van der Waals surface area contributed by atoms with E-state index in [4.69, 9.17) is 16.1 Å². The molecule has 1 saturated heterocycles. The Morgan fingerprint density at radius 1 is 1.20 bits per heavy atom. The first-order chi connectivity index (χ1) is 14.2. The van der Waals surface area contributed by atoms with Gasteiger partial charge < -0.3 is 14.2 Å². The maximum absolute atomic E-state index is 12.5. The van der Waals surface area contributed by atoms with Crippen LogP contribution in [-0.2, 0) is 4.79 Å². The van der Waals surface area contributed by atoms with Crippen LogP contribution in [0, 0.1) is 6.92 Å². The number of carbonyl (C=O) groups excluding carboxylic acids is 1. The molecule has 0 spiro atoms. The number of anilines is 1. The maximum atomic E-state index is 12.5. The molecule has 10 heteroatoms. The minimum absolute atomic E-state index is 0.112. The van der Waals surface area contributed by atoms with E-state index < -0.39 is 6.36 Å². The van der Waals surface area contributed by atoms with Gasteiger partial charge >= 0.3 is 6.36 Å². The molecule has 0 saturated carbocycles. The van der Waals surface area contributed by atoms with Gasteiger partial charge in [0.25, 0.3) is 0 Å². The van der Waals surface area contributed by atoms with E-state index in [0.717, 1.165) is 5.56 Å². The Balaban J connectivity index is 1.50. The SMILES string of the molecule is Cc1ccc(N2CC(c3nc(-c4ccc(OC(F)(F)F)cc4)no3)CC2=O)c(Cl)c1. The summed E-state index contributed by atoms with van der Waals surface area (Å²) in [5.41, 5.74) is 2.07. The third-order valence-electron chi connectivity index (χ3n) is 4.66. The van der Waals surface area contributed by atoms with E-state index in [0.29, 0.717) is 22.8 Å². The first-order valence-corrected chi connectivity index (χ1v) is 9.34. The summed E-state index contributed by atoms with van der Waals surface area (Å²) in [5.74, 6) is -0.285. The number of carbonyl (C=O) groups is 1. The minimum atomic E-state index is -4.76. The second-order valence-corrected chi connectivity index (χ2v) is 7.30. The molecular weight excluding hydrogens is 423 g/mol. The third-order valence-corrected chi connectivity index (χ3v) is 4.96. The van der Waals surface area contributed by atoms with Crippen molar-refractivity contribution < 1.29 is 27.2 Å². The lowest BCUT2D eigenvalue weighted by atomic mass is 10.1. The molecule has 1 amide bonds. The number of rotatable bonds is 4. The average molecular weight is 438 g/mol. The highest BCUT2D eigenvalue weighted by Crippen LogP contribution is 2.36. The number of halogens is 4. The molecule has 0 N–H and O–H groups in total. The van der Waals surface area contributed by atoms with Gasteiger partial charge in [0, 0.05) is 18.5 Å². The molecule has 0 aliphatic carbocycles. The number of aryl methyl sites for hydroxylation is 1. The Labute approximate surface area is 174 Å². The van der Waals surface area contributed by atoms with Crippen molar-refractivity contribution in [3.63, 3.8) is 0 Å². The number of ether oxygens (including phenoxy) is 1. The standard InChI is InChI=1S/C20H15ClF3N3O3/c1-11-2-7-16(15(21)8-11)27-10-13(9-17(27)28)19-25-18(26-30-19)12-3-5-14(6-4-12)29-20(22,23)24/h2-8,13H,9-10H2,1H3. The van der Waals surface area contributed by atoms with Gasteiger partial charge in [0.1, 0.15) is 5.75 Å². The van der Waals surface area contributed by atoms with E-state index in [1.807, 2.05) is 13.0 Å². The van der Waals surface area contributed by atoms with Crippen LogP contribution in [0.1, 0.15) is 23.8 Å². The topological polar surface area (TPSA) is 68.5 Å². The first kappa shape index (κ1) is 20.2. The zero-order valence-corrected chi connectivity index (χ0v) is 16.4. The zero-order chi connectivity index (χ0) is 21.5. The molecule has 1 unspecified atom stereocenters. The largest absolute Gasteiger partial charge is 0.573 e. The zero-order valence-electron chi connectivity index (χ0n) is 15.6. The summed E-state index contributed by atoms with van der Waals surface area (Å²) in [7, 11) is 0. The van der Waals surface area contributed by atoms with Gasteiger partial charge in [0.05, 0.1) is 16.6 Å². The molecule has 1 atom stereocenters. The van der Waals surface area contributed by atoms with Crippen LogP contribution in [0.4, 0.5) is 18.9 Å². The van der Waals surface area contributed by atoms with Crippen LogP contribution in [0.2, 0.25) is 5.02 Å². The molecular formula is C20H15ClF3N3O3. The van der Waals surface area contributed by atoms with Crippen molar-refractivity contribution in [2.24, 2.45) is 0 Å². The van der Waals surface area contributed by atoms with Crippen LogP contribution in [0.15, 0.2) is 47.0 Å². The summed E-state index contributed by atoms with van der Waals surface area (Å²) in [6.45, 7) is 2.24. The molecule has 6 nitrogen and oxygen atoms in total. The molecule has 0 radical (unpaired) electrons. The second-order valence-electron chi connectivity index (χ2n) is 6.89. The lowest BCUT2D eigenvalue weighted by molar-refractivity contribution is -0.274. The molecule has 2 aromatic carbocycles. The van der Waals surface area contributed by atoms with Crippen molar-refractivity contribution in [3.8, 4) is 17.1 Å². The summed E-state index contributed by atoms with van der Waals surface area (Å²) in [4.78, 5) is 18.4. The average Bonchev–Trinajstić information content (AvgIpc) is 3.28. The van der Waals surface area contributed by atoms with E-state index in [9.17, 15) is 18.0 Å². The highest BCUT2D eigenvalue weighted by atomic mass is 35.5. The van der Waals surface area contributed by atoms with Crippen molar-refractivity contribution in [2.75, 3.05) is 11.4 Å². The lowest BCUT2D eigenvalue weighted by Gasteiger charge is -2.18. The molecule has 1 aromatic heterocycles. The van der Waals surface area contributed by atoms with Gasteiger partial charge in [0.2, 0.25) is 17.6 Å². The number of aromatic nitrogens is 2. The molecule has 156 valence electrons. The molecule has 4 rings (SSSR count). The van der Waals surface area contributed by atoms with Crippen LogP contribution in [0.25, 0.3) is 11.4 Å². The fraction of sp³-hybridized carbons (Fsp3) is 0.250. The molecule has 30 heavy (non-hydrogen) atoms. The molecule has 1 aliphatic heterocycles. The molecule has 3 aromatic rings. The smallest absolute Gasteiger partial charge is 0.406 e. The number of alkyl halides is 3. The minimum Gasteiger partial charge on any atom is -0.406 e. The lowest BCUT2D eigenvalue weighted by Crippen LogP contribution is -2.24. The Bertz CT molecular complexity index is 1080. The predicted molar refractivity (Wildman–Crippen MR) is 102 cm³/mol. The second kappa shape index (κ2) is 7.64. The molecule has 0 bridgehead atoms. The predicted octanol–water partition coefficient (Wildman–Crippen LogP) is 5.12. The number of hydrogen-bond donors (Lipinski definition) is 0. The van der Waals surface area contributed by atoms with Crippen LogP contribution >= 0.6 is 11.6 Å². The number of hydrogen-bond acceptors (Lipinski definition) is 5. The van der Waals surface area contributed by atoms with Gasteiger partial charge in [-0.25, -0.2) is 0 Å². The van der Waals surface area contributed by atoms with E-state index in [1.165, 1.54) is 24.3 Å². The van der Waals surface area contributed by atoms with Crippen LogP contribution in [0.5, 0.6) is 5.75 Å².